The van der Waals surface area contributed by atoms with Crippen molar-refractivity contribution in [3.63, 3.8) is 0 Å². The normalized spacial score (nSPS) is 12.1. The first-order chi connectivity index (χ1) is 11.6. The number of thiazole rings is 1. The molecule has 2 N–H and O–H groups in total. The van der Waals surface area contributed by atoms with Gasteiger partial charge in [0.15, 0.2) is 0 Å². The third-order valence-electron chi connectivity index (χ3n) is 3.50. The maximum atomic E-state index is 12.2. The molecular formula is C17H18N4O2S. The van der Waals surface area contributed by atoms with Gasteiger partial charge >= 0.3 is 0 Å². The minimum atomic E-state index is -0.632. The van der Waals surface area contributed by atoms with E-state index in [-0.39, 0.29) is 12.5 Å². The van der Waals surface area contributed by atoms with Gasteiger partial charge in [-0.05, 0) is 5.56 Å². The minimum absolute atomic E-state index is 0.188. The van der Waals surface area contributed by atoms with Crippen LogP contribution in [0.25, 0.3) is 10.6 Å². The van der Waals surface area contributed by atoms with Crippen molar-refractivity contribution in [2.75, 3.05) is 6.54 Å². The van der Waals surface area contributed by atoms with Gasteiger partial charge in [-0.25, -0.2) is 4.98 Å². The zero-order chi connectivity index (χ0) is 16.9. The van der Waals surface area contributed by atoms with Crippen LogP contribution in [0.5, 0.6) is 0 Å². The average molecular weight is 342 g/mol. The number of aromatic nitrogens is 3. The molecule has 1 aromatic carbocycles. The van der Waals surface area contributed by atoms with Crippen LogP contribution in [-0.2, 0) is 13.5 Å². The number of nitrogens with zero attached hydrogens (tertiary/aromatic N) is 3. The maximum Gasteiger partial charge on any atom is 0.270 e. The van der Waals surface area contributed by atoms with Gasteiger partial charge in [-0.1, -0.05) is 30.3 Å². The number of benzene rings is 1. The zero-order valence-corrected chi connectivity index (χ0v) is 14.0. The van der Waals surface area contributed by atoms with Gasteiger partial charge in [0.25, 0.3) is 5.91 Å². The van der Waals surface area contributed by atoms with Gasteiger partial charge in [0.2, 0.25) is 0 Å². The van der Waals surface area contributed by atoms with Gasteiger partial charge in [-0.15, -0.1) is 11.3 Å². The number of rotatable bonds is 6. The van der Waals surface area contributed by atoms with E-state index in [1.54, 1.807) is 16.3 Å². The Hall–Kier alpha value is -2.51. The number of aliphatic hydroxyl groups is 1. The van der Waals surface area contributed by atoms with Gasteiger partial charge in [-0.2, -0.15) is 5.10 Å². The second-order valence-electron chi connectivity index (χ2n) is 5.49. The first-order valence-corrected chi connectivity index (χ1v) is 8.44. The third-order valence-corrected chi connectivity index (χ3v) is 4.39. The summed E-state index contributed by atoms with van der Waals surface area (Å²) >= 11 is 1.39. The van der Waals surface area contributed by atoms with E-state index in [9.17, 15) is 9.90 Å². The summed E-state index contributed by atoms with van der Waals surface area (Å²) in [5.74, 6) is -0.284. The number of aryl methyl sites for hydroxylation is 1. The van der Waals surface area contributed by atoms with Crippen LogP contribution in [0, 0.1) is 0 Å². The summed E-state index contributed by atoms with van der Waals surface area (Å²) in [7, 11) is 1.83. The molecule has 24 heavy (non-hydrogen) atoms. The SMILES string of the molecule is Cn1cc(-c2nc(C(=O)NCC(O)Cc3ccccc3)cs2)cn1. The van der Waals surface area contributed by atoms with E-state index in [0.717, 1.165) is 16.1 Å². The van der Waals surface area contributed by atoms with E-state index < -0.39 is 6.10 Å². The van der Waals surface area contributed by atoms with Crippen molar-refractivity contribution in [1.82, 2.24) is 20.1 Å². The number of hydrogen-bond acceptors (Lipinski definition) is 5. The third kappa shape index (κ3) is 4.06. The fourth-order valence-electron chi connectivity index (χ4n) is 2.30. The molecule has 2 heterocycles. The van der Waals surface area contributed by atoms with Crippen molar-refractivity contribution in [2.24, 2.45) is 7.05 Å². The second-order valence-corrected chi connectivity index (χ2v) is 6.35. The van der Waals surface area contributed by atoms with E-state index in [1.807, 2.05) is 43.6 Å². The molecule has 0 saturated carbocycles. The maximum absolute atomic E-state index is 12.2. The van der Waals surface area contributed by atoms with E-state index in [2.05, 4.69) is 15.4 Å². The van der Waals surface area contributed by atoms with Crippen LogP contribution in [-0.4, -0.2) is 38.4 Å². The summed E-state index contributed by atoms with van der Waals surface area (Å²) in [5, 5.41) is 19.3. The quantitative estimate of drug-likeness (QED) is 0.717. The lowest BCUT2D eigenvalue weighted by atomic mass is 10.1. The molecule has 0 radical (unpaired) electrons. The van der Waals surface area contributed by atoms with Crippen LogP contribution in [0.2, 0.25) is 0 Å². The first kappa shape index (κ1) is 16.4. The Kier molecular flexibility index (Phi) is 5.02. The molecular weight excluding hydrogens is 324 g/mol. The Balaban J connectivity index is 1.54. The van der Waals surface area contributed by atoms with Crippen molar-refractivity contribution in [2.45, 2.75) is 12.5 Å². The number of hydrogen-bond donors (Lipinski definition) is 2. The minimum Gasteiger partial charge on any atom is -0.391 e. The highest BCUT2D eigenvalue weighted by atomic mass is 32.1. The van der Waals surface area contributed by atoms with Gasteiger partial charge in [0.1, 0.15) is 10.7 Å². The Morgan fingerprint density at radius 1 is 1.38 bits per heavy atom. The molecule has 6 nitrogen and oxygen atoms in total. The molecule has 0 aliphatic carbocycles. The van der Waals surface area contributed by atoms with Gasteiger partial charge < -0.3 is 10.4 Å². The molecule has 3 rings (SSSR count). The molecule has 3 aromatic rings. The molecule has 0 aliphatic rings. The summed E-state index contributed by atoms with van der Waals surface area (Å²) < 4.78 is 1.69. The van der Waals surface area contributed by atoms with Crippen molar-refractivity contribution < 1.29 is 9.90 Å². The van der Waals surface area contributed by atoms with Crippen molar-refractivity contribution in [3.05, 3.63) is 59.4 Å². The summed E-state index contributed by atoms with van der Waals surface area (Å²) in [6.45, 7) is 0.188. The lowest BCUT2D eigenvalue weighted by Crippen LogP contribution is -2.33. The summed E-state index contributed by atoms with van der Waals surface area (Å²) in [5.41, 5.74) is 2.27. The fourth-order valence-corrected chi connectivity index (χ4v) is 3.08. The molecule has 0 saturated heterocycles. The number of amides is 1. The molecule has 0 spiro atoms. The molecule has 1 amide bonds. The lowest BCUT2D eigenvalue weighted by Gasteiger charge is -2.11. The van der Waals surface area contributed by atoms with Crippen molar-refractivity contribution in [3.8, 4) is 10.6 Å². The van der Waals surface area contributed by atoms with E-state index in [1.165, 1.54) is 11.3 Å². The molecule has 0 aliphatic heterocycles. The van der Waals surface area contributed by atoms with Gasteiger partial charge in [0, 0.05) is 37.2 Å². The average Bonchev–Trinajstić information content (AvgIpc) is 3.22. The number of carbonyl (C=O) groups excluding carboxylic acids is 1. The lowest BCUT2D eigenvalue weighted by molar-refractivity contribution is 0.0912. The summed E-state index contributed by atoms with van der Waals surface area (Å²) in [6, 6.07) is 9.68. The predicted molar refractivity (Wildman–Crippen MR) is 92.8 cm³/mol. The topological polar surface area (TPSA) is 80.0 Å². The summed E-state index contributed by atoms with van der Waals surface area (Å²) in [4.78, 5) is 16.5. The number of aliphatic hydroxyl groups excluding tert-OH is 1. The fraction of sp³-hybridized carbons (Fsp3) is 0.235. The Morgan fingerprint density at radius 3 is 2.88 bits per heavy atom. The molecule has 1 unspecified atom stereocenters. The molecule has 0 fully saturated rings. The second kappa shape index (κ2) is 7.37. The highest BCUT2D eigenvalue weighted by Crippen LogP contribution is 2.22. The van der Waals surface area contributed by atoms with E-state index in [0.29, 0.717) is 12.1 Å². The van der Waals surface area contributed by atoms with Crippen molar-refractivity contribution in [1.29, 1.82) is 0 Å². The Bertz CT molecular complexity index is 813. The van der Waals surface area contributed by atoms with E-state index >= 15 is 0 Å². The highest BCUT2D eigenvalue weighted by Gasteiger charge is 2.14. The highest BCUT2D eigenvalue weighted by molar-refractivity contribution is 7.13. The van der Waals surface area contributed by atoms with Crippen LogP contribution in [0.15, 0.2) is 48.1 Å². The monoisotopic (exact) mass is 342 g/mol. The summed E-state index contributed by atoms with van der Waals surface area (Å²) in [6.07, 6.45) is 3.43. The van der Waals surface area contributed by atoms with Crippen LogP contribution in [0.4, 0.5) is 0 Å². The molecule has 124 valence electrons. The van der Waals surface area contributed by atoms with Crippen LogP contribution in [0.1, 0.15) is 16.1 Å². The van der Waals surface area contributed by atoms with Crippen LogP contribution < -0.4 is 5.32 Å². The van der Waals surface area contributed by atoms with E-state index in [4.69, 9.17) is 0 Å². The Morgan fingerprint density at radius 2 is 2.17 bits per heavy atom. The first-order valence-electron chi connectivity index (χ1n) is 7.56. The zero-order valence-electron chi connectivity index (χ0n) is 13.2. The molecule has 0 bridgehead atoms. The van der Waals surface area contributed by atoms with Crippen molar-refractivity contribution >= 4 is 17.2 Å². The van der Waals surface area contributed by atoms with Crippen LogP contribution in [0.3, 0.4) is 0 Å². The number of carbonyl (C=O) groups is 1. The van der Waals surface area contributed by atoms with Gasteiger partial charge in [-0.3, -0.25) is 9.48 Å². The smallest absolute Gasteiger partial charge is 0.270 e. The standard InChI is InChI=1S/C17H18N4O2S/c1-21-10-13(8-19-21)17-20-15(11-24-17)16(23)18-9-14(22)7-12-5-3-2-4-6-12/h2-6,8,10-11,14,22H,7,9H2,1H3,(H,18,23). The molecule has 7 heteroatoms. The van der Waals surface area contributed by atoms with Crippen LogP contribution >= 0.6 is 11.3 Å². The number of nitrogens with one attached hydrogen (secondary N) is 1. The molecule has 1 atom stereocenters. The van der Waals surface area contributed by atoms with Gasteiger partial charge in [0.05, 0.1) is 12.3 Å². The largest absolute Gasteiger partial charge is 0.391 e. The Labute approximate surface area is 143 Å². The molecule has 2 aromatic heterocycles. The predicted octanol–water partition coefficient (Wildman–Crippen LogP) is 1.88.